The molecule has 0 amide bonds. The van der Waals surface area contributed by atoms with Crippen molar-refractivity contribution in [2.75, 3.05) is 13.7 Å². The van der Waals surface area contributed by atoms with E-state index in [2.05, 4.69) is 6.08 Å². The van der Waals surface area contributed by atoms with Crippen LogP contribution in [0.4, 0.5) is 0 Å². The van der Waals surface area contributed by atoms with Gasteiger partial charge in [0.25, 0.3) is 0 Å². The zero-order valence-electron chi connectivity index (χ0n) is 8.43. The Morgan fingerprint density at radius 2 is 2.47 bits per heavy atom. The van der Waals surface area contributed by atoms with E-state index in [1.165, 1.54) is 18.9 Å². The van der Waals surface area contributed by atoms with E-state index in [0.717, 1.165) is 6.42 Å². The molecule has 0 saturated carbocycles. The lowest BCUT2D eigenvalue weighted by Gasteiger charge is -2.28. The van der Waals surface area contributed by atoms with Crippen LogP contribution < -0.4 is 0 Å². The first-order valence-electron chi connectivity index (χ1n) is 5.05. The summed E-state index contributed by atoms with van der Waals surface area (Å²) < 4.78 is 15.6. The summed E-state index contributed by atoms with van der Waals surface area (Å²) in [4.78, 5) is 11.5. The Kier molecular flexibility index (Phi) is 1.85. The van der Waals surface area contributed by atoms with E-state index in [0.29, 0.717) is 12.2 Å². The minimum absolute atomic E-state index is 0.189. The predicted molar refractivity (Wildman–Crippen MR) is 50.6 cm³/mol. The summed E-state index contributed by atoms with van der Waals surface area (Å²) in [6.45, 7) is 0.633. The Morgan fingerprint density at radius 3 is 3.27 bits per heavy atom. The van der Waals surface area contributed by atoms with Gasteiger partial charge < -0.3 is 14.2 Å². The van der Waals surface area contributed by atoms with Gasteiger partial charge >= 0.3 is 5.97 Å². The topological polar surface area (TPSA) is 44.8 Å². The van der Waals surface area contributed by atoms with Gasteiger partial charge in [-0.2, -0.15) is 0 Å². The highest BCUT2D eigenvalue weighted by Crippen LogP contribution is 2.47. The summed E-state index contributed by atoms with van der Waals surface area (Å²) in [6.07, 6.45) is 4.35. The van der Waals surface area contributed by atoms with E-state index in [-0.39, 0.29) is 24.1 Å². The maximum Gasteiger partial charge on any atom is 0.337 e. The van der Waals surface area contributed by atoms with Crippen molar-refractivity contribution < 1.29 is 19.0 Å². The molecule has 1 fully saturated rings. The monoisotopic (exact) mass is 208 g/mol. The third-order valence-electron chi connectivity index (χ3n) is 3.35. The number of carbonyl (C=O) groups excluding carboxylic acids is 1. The number of allylic oxidation sites excluding steroid dienone is 1. The second kappa shape index (κ2) is 3.10. The number of carbonyl (C=O) groups is 1. The summed E-state index contributed by atoms with van der Waals surface area (Å²) in [5.74, 6) is 0.123. The molecule has 4 nitrogen and oxygen atoms in total. The van der Waals surface area contributed by atoms with Crippen LogP contribution in [-0.2, 0) is 19.0 Å². The van der Waals surface area contributed by atoms with E-state index < -0.39 is 0 Å². The zero-order valence-corrected chi connectivity index (χ0v) is 8.43. The molecule has 80 valence electrons. The first kappa shape index (κ1) is 8.97. The van der Waals surface area contributed by atoms with E-state index in [1.807, 2.05) is 0 Å². The van der Waals surface area contributed by atoms with Crippen molar-refractivity contribution in [1.82, 2.24) is 0 Å². The molecule has 0 aromatic heterocycles. The lowest BCUT2D eigenvalue weighted by atomic mass is 9.85. The lowest BCUT2D eigenvalue weighted by Crippen LogP contribution is -2.32. The van der Waals surface area contributed by atoms with Crippen LogP contribution in [0.25, 0.3) is 0 Å². The highest BCUT2D eigenvalue weighted by molar-refractivity contribution is 5.89. The van der Waals surface area contributed by atoms with Crippen LogP contribution in [-0.4, -0.2) is 26.0 Å². The quantitative estimate of drug-likeness (QED) is 0.476. The Morgan fingerprint density at radius 1 is 1.60 bits per heavy atom. The average Bonchev–Trinajstić information content (AvgIpc) is 2.86. The minimum atomic E-state index is -0.292. The number of hydrogen-bond donors (Lipinski definition) is 0. The van der Waals surface area contributed by atoms with E-state index in [1.54, 1.807) is 0 Å². The van der Waals surface area contributed by atoms with Gasteiger partial charge in [-0.3, -0.25) is 0 Å². The summed E-state index contributed by atoms with van der Waals surface area (Å²) in [6, 6.07) is 0. The van der Waals surface area contributed by atoms with Crippen molar-refractivity contribution in [3.8, 4) is 0 Å². The minimum Gasteiger partial charge on any atom is -0.471 e. The summed E-state index contributed by atoms with van der Waals surface area (Å²) in [7, 11) is 1.39. The van der Waals surface area contributed by atoms with Crippen molar-refractivity contribution in [3.05, 3.63) is 23.5 Å². The van der Waals surface area contributed by atoms with Crippen molar-refractivity contribution in [1.29, 1.82) is 0 Å². The molecule has 2 heterocycles. The first-order valence-corrected chi connectivity index (χ1v) is 5.05. The molecule has 0 aromatic carbocycles. The third kappa shape index (κ3) is 1.14. The standard InChI is InChI=1S/C11H12O4/c1-13-10(12)8-5-15-11-9-6(4-14-11)2-3-7(8)9/h2,5,7,9,11H,3-4H2,1H3. The fourth-order valence-electron chi connectivity index (χ4n) is 2.61. The van der Waals surface area contributed by atoms with Gasteiger partial charge in [0, 0.05) is 5.92 Å². The van der Waals surface area contributed by atoms with Crippen molar-refractivity contribution in [3.63, 3.8) is 0 Å². The third-order valence-corrected chi connectivity index (χ3v) is 3.35. The second-order valence-corrected chi connectivity index (χ2v) is 4.03. The van der Waals surface area contributed by atoms with Crippen LogP contribution in [0.15, 0.2) is 23.5 Å². The number of hydrogen-bond acceptors (Lipinski definition) is 4. The van der Waals surface area contributed by atoms with Gasteiger partial charge in [-0.1, -0.05) is 6.08 Å². The fraction of sp³-hybridized carbons (Fsp3) is 0.545. The highest BCUT2D eigenvalue weighted by Gasteiger charge is 2.48. The summed E-state index contributed by atoms with van der Waals surface area (Å²) in [5.41, 5.74) is 1.90. The van der Waals surface area contributed by atoms with Crippen LogP contribution in [0, 0.1) is 11.8 Å². The predicted octanol–water partition coefficient (Wildman–Crippen LogP) is 0.992. The molecule has 2 aliphatic heterocycles. The molecule has 15 heavy (non-hydrogen) atoms. The van der Waals surface area contributed by atoms with Gasteiger partial charge in [-0.05, 0) is 12.0 Å². The van der Waals surface area contributed by atoms with Gasteiger partial charge in [-0.15, -0.1) is 0 Å². The largest absolute Gasteiger partial charge is 0.471 e. The Balaban J connectivity index is 1.93. The first-order chi connectivity index (χ1) is 7.31. The van der Waals surface area contributed by atoms with Crippen LogP contribution in [0.2, 0.25) is 0 Å². The van der Waals surface area contributed by atoms with Crippen molar-refractivity contribution >= 4 is 5.97 Å². The van der Waals surface area contributed by atoms with Crippen LogP contribution >= 0.6 is 0 Å². The lowest BCUT2D eigenvalue weighted by molar-refractivity contribution is -0.141. The zero-order chi connectivity index (χ0) is 10.4. The molecule has 3 rings (SSSR count). The molecule has 0 bridgehead atoms. The average molecular weight is 208 g/mol. The molecule has 0 aromatic rings. The molecule has 0 spiro atoms. The molecule has 1 aliphatic carbocycles. The van der Waals surface area contributed by atoms with E-state index in [4.69, 9.17) is 14.2 Å². The molecule has 0 N–H and O–H groups in total. The van der Waals surface area contributed by atoms with Crippen LogP contribution in [0.5, 0.6) is 0 Å². The smallest absolute Gasteiger partial charge is 0.337 e. The molecule has 3 aliphatic rings. The SMILES string of the molecule is COC(=O)C1=COC2OCC3=CCC1C32. The molecule has 0 radical (unpaired) electrons. The molecule has 3 atom stereocenters. The Hall–Kier alpha value is -1.29. The number of esters is 1. The maximum atomic E-state index is 11.5. The van der Waals surface area contributed by atoms with Gasteiger partial charge in [0.15, 0.2) is 0 Å². The molecule has 4 heteroatoms. The van der Waals surface area contributed by atoms with Crippen molar-refractivity contribution in [2.24, 2.45) is 11.8 Å². The fourth-order valence-corrected chi connectivity index (χ4v) is 2.61. The van der Waals surface area contributed by atoms with Gasteiger partial charge in [0.2, 0.25) is 6.29 Å². The molecular formula is C11H12O4. The highest BCUT2D eigenvalue weighted by atomic mass is 16.7. The molecular weight excluding hydrogens is 196 g/mol. The molecule has 1 saturated heterocycles. The number of ether oxygens (including phenoxy) is 3. The van der Waals surface area contributed by atoms with Crippen LogP contribution in [0.3, 0.4) is 0 Å². The van der Waals surface area contributed by atoms with Crippen molar-refractivity contribution in [2.45, 2.75) is 12.7 Å². The molecule has 3 unspecified atom stereocenters. The number of rotatable bonds is 1. The number of methoxy groups -OCH3 is 1. The maximum absolute atomic E-state index is 11.5. The van der Waals surface area contributed by atoms with E-state index >= 15 is 0 Å². The summed E-state index contributed by atoms with van der Waals surface area (Å²) >= 11 is 0. The van der Waals surface area contributed by atoms with E-state index in [9.17, 15) is 4.79 Å². The van der Waals surface area contributed by atoms with Gasteiger partial charge in [-0.25, -0.2) is 4.79 Å². The van der Waals surface area contributed by atoms with Crippen LogP contribution in [0.1, 0.15) is 6.42 Å². The normalized spacial score (nSPS) is 36.5. The Bertz CT molecular complexity index is 369. The second-order valence-electron chi connectivity index (χ2n) is 4.03. The summed E-state index contributed by atoms with van der Waals surface area (Å²) in [5, 5.41) is 0. The Labute approximate surface area is 87.5 Å². The van der Waals surface area contributed by atoms with Gasteiger partial charge in [0.05, 0.1) is 31.5 Å². The van der Waals surface area contributed by atoms with Gasteiger partial charge in [0.1, 0.15) is 0 Å².